The van der Waals surface area contributed by atoms with Gasteiger partial charge in [-0.05, 0) is 40.7 Å². The van der Waals surface area contributed by atoms with Crippen molar-refractivity contribution in [3.8, 4) is 0 Å². The summed E-state index contributed by atoms with van der Waals surface area (Å²) in [6, 6.07) is 0.368. The summed E-state index contributed by atoms with van der Waals surface area (Å²) < 4.78 is 5.74. The summed E-state index contributed by atoms with van der Waals surface area (Å²) in [4.78, 5) is 8.42. The van der Waals surface area contributed by atoms with Gasteiger partial charge in [0.15, 0.2) is 5.13 Å². The van der Waals surface area contributed by atoms with Crippen LogP contribution in [0.5, 0.6) is 0 Å². The van der Waals surface area contributed by atoms with E-state index in [0.717, 1.165) is 30.5 Å². The summed E-state index contributed by atoms with van der Waals surface area (Å²) in [6.07, 6.45) is 2.76. The minimum absolute atomic E-state index is 0.368. The van der Waals surface area contributed by atoms with Crippen LogP contribution in [-0.4, -0.2) is 37.8 Å². The standard InChI is InChI=1S/C14H25N3OS/c1-5-17(9-12-7-6-8-18-12)14-16-11(3)13(19-14)10(2)15-4/h10,12,15H,5-9H2,1-4H3. The molecule has 0 aliphatic carbocycles. The van der Waals surface area contributed by atoms with E-state index in [9.17, 15) is 0 Å². The molecule has 1 N–H and O–H groups in total. The van der Waals surface area contributed by atoms with E-state index >= 15 is 0 Å². The molecule has 1 aromatic rings. The van der Waals surface area contributed by atoms with E-state index in [4.69, 9.17) is 9.72 Å². The molecular weight excluding hydrogens is 258 g/mol. The van der Waals surface area contributed by atoms with Crippen LogP contribution in [0.1, 0.15) is 43.3 Å². The number of hydrogen-bond donors (Lipinski definition) is 1. The van der Waals surface area contributed by atoms with Gasteiger partial charge in [-0.2, -0.15) is 0 Å². The molecule has 2 atom stereocenters. The molecule has 0 amide bonds. The summed E-state index contributed by atoms with van der Waals surface area (Å²) in [5.74, 6) is 0. The highest BCUT2D eigenvalue weighted by atomic mass is 32.1. The molecule has 1 aromatic heterocycles. The molecule has 1 saturated heterocycles. The molecular formula is C14H25N3OS. The lowest BCUT2D eigenvalue weighted by molar-refractivity contribution is 0.115. The Morgan fingerprint density at radius 1 is 1.58 bits per heavy atom. The Labute approximate surface area is 120 Å². The van der Waals surface area contributed by atoms with E-state index in [1.54, 1.807) is 11.3 Å². The molecule has 5 heteroatoms. The van der Waals surface area contributed by atoms with Crippen molar-refractivity contribution in [1.82, 2.24) is 10.3 Å². The Morgan fingerprint density at radius 3 is 2.95 bits per heavy atom. The Bertz CT molecular complexity index is 401. The number of hydrogen-bond acceptors (Lipinski definition) is 5. The van der Waals surface area contributed by atoms with Crippen LogP contribution in [0.15, 0.2) is 0 Å². The minimum atomic E-state index is 0.368. The number of nitrogens with one attached hydrogen (secondary N) is 1. The number of aryl methyl sites for hydroxylation is 1. The normalized spacial score (nSPS) is 20.7. The van der Waals surface area contributed by atoms with Gasteiger partial charge in [-0.15, -0.1) is 11.3 Å². The molecule has 2 unspecified atom stereocenters. The van der Waals surface area contributed by atoms with Gasteiger partial charge < -0.3 is 15.0 Å². The fraction of sp³-hybridized carbons (Fsp3) is 0.786. The fourth-order valence-electron chi connectivity index (χ4n) is 2.44. The van der Waals surface area contributed by atoms with Gasteiger partial charge in [0.05, 0.1) is 11.8 Å². The Balaban J connectivity index is 2.09. The molecule has 1 aliphatic heterocycles. The van der Waals surface area contributed by atoms with Gasteiger partial charge >= 0.3 is 0 Å². The van der Waals surface area contributed by atoms with Gasteiger partial charge in [0.2, 0.25) is 0 Å². The van der Waals surface area contributed by atoms with Gasteiger partial charge in [-0.1, -0.05) is 0 Å². The quantitative estimate of drug-likeness (QED) is 0.871. The Kier molecular flexibility index (Phi) is 5.19. The highest BCUT2D eigenvalue weighted by molar-refractivity contribution is 7.15. The van der Waals surface area contributed by atoms with Gasteiger partial charge in [-0.3, -0.25) is 0 Å². The van der Waals surface area contributed by atoms with Gasteiger partial charge in [0.1, 0.15) is 0 Å². The van der Waals surface area contributed by atoms with Crippen LogP contribution < -0.4 is 10.2 Å². The molecule has 108 valence electrons. The zero-order chi connectivity index (χ0) is 13.8. The Hall–Kier alpha value is -0.650. The van der Waals surface area contributed by atoms with Crippen LogP contribution in [0.4, 0.5) is 5.13 Å². The van der Waals surface area contributed by atoms with Crippen molar-refractivity contribution in [3.05, 3.63) is 10.6 Å². The van der Waals surface area contributed by atoms with Gasteiger partial charge in [0, 0.05) is 30.6 Å². The first-order chi connectivity index (χ1) is 9.15. The van der Waals surface area contributed by atoms with E-state index in [-0.39, 0.29) is 0 Å². The summed E-state index contributed by atoms with van der Waals surface area (Å²) in [6.45, 7) is 9.34. The largest absolute Gasteiger partial charge is 0.376 e. The van der Waals surface area contributed by atoms with Crippen molar-refractivity contribution < 1.29 is 4.74 Å². The lowest BCUT2D eigenvalue weighted by atomic mass is 10.2. The first-order valence-corrected chi connectivity index (χ1v) is 7.98. The number of ether oxygens (including phenoxy) is 1. The second-order valence-electron chi connectivity index (χ2n) is 5.13. The molecule has 19 heavy (non-hydrogen) atoms. The molecule has 1 fully saturated rings. The molecule has 0 spiro atoms. The number of anilines is 1. The molecule has 0 aromatic carbocycles. The summed E-state index contributed by atoms with van der Waals surface area (Å²) in [5, 5.41) is 4.42. The molecule has 0 saturated carbocycles. The lowest BCUT2D eigenvalue weighted by Gasteiger charge is -2.23. The van der Waals surface area contributed by atoms with Crippen molar-refractivity contribution in [2.45, 2.75) is 45.8 Å². The van der Waals surface area contributed by atoms with Crippen LogP contribution >= 0.6 is 11.3 Å². The molecule has 0 bridgehead atoms. The second-order valence-corrected chi connectivity index (χ2v) is 6.14. The van der Waals surface area contributed by atoms with Crippen LogP contribution in [-0.2, 0) is 4.74 Å². The fourth-order valence-corrected chi connectivity index (χ4v) is 3.64. The van der Waals surface area contributed by atoms with E-state index in [1.807, 2.05) is 7.05 Å². The SMILES string of the molecule is CCN(CC1CCCO1)c1nc(C)c(C(C)NC)s1. The number of likely N-dealkylation sites (N-methyl/N-ethyl adjacent to an activating group) is 1. The maximum atomic E-state index is 5.74. The smallest absolute Gasteiger partial charge is 0.185 e. The van der Waals surface area contributed by atoms with Crippen LogP contribution in [0, 0.1) is 6.92 Å². The van der Waals surface area contributed by atoms with Crippen LogP contribution in [0.3, 0.4) is 0 Å². The molecule has 1 aliphatic rings. The first-order valence-electron chi connectivity index (χ1n) is 7.16. The average molecular weight is 283 g/mol. The summed E-state index contributed by atoms with van der Waals surface area (Å²) >= 11 is 1.80. The maximum absolute atomic E-state index is 5.74. The minimum Gasteiger partial charge on any atom is -0.376 e. The lowest BCUT2D eigenvalue weighted by Crippen LogP contribution is -2.31. The highest BCUT2D eigenvalue weighted by Crippen LogP contribution is 2.31. The van der Waals surface area contributed by atoms with E-state index in [0.29, 0.717) is 12.1 Å². The topological polar surface area (TPSA) is 37.4 Å². The number of nitrogens with zero attached hydrogens (tertiary/aromatic N) is 2. The maximum Gasteiger partial charge on any atom is 0.185 e. The third-order valence-corrected chi connectivity index (χ3v) is 5.15. The average Bonchev–Trinajstić information content (AvgIpc) is 3.04. The third-order valence-electron chi connectivity index (χ3n) is 3.75. The molecule has 2 heterocycles. The van der Waals surface area contributed by atoms with E-state index < -0.39 is 0 Å². The summed E-state index contributed by atoms with van der Waals surface area (Å²) in [7, 11) is 1.99. The monoisotopic (exact) mass is 283 g/mol. The van der Waals surface area contributed by atoms with Crippen molar-refractivity contribution in [3.63, 3.8) is 0 Å². The van der Waals surface area contributed by atoms with Crippen molar-refractivity contribution in [2.24, 2.45) is 0 Å². The molecule has 2 rings (SSSR count). The van der Waals surface area contributed by atoms with Gasteiger partial charge in [-0.25, -0.2) is 4.98 Å². The van der Waals surface area contributed by atoms with Gasteiger partial charge in [0.25, 0.3) is 0 Å². The number of rotatable bonds is 6. The second kappa shape index (κ2) is 6.68. The summed E-state index contributed by atoms with van der Waals surface area (Å²) in [5.41, 5.74) is 1.15. The number of aromatic nitrogens is 1. The third kappa shape index (κ3) is 3.46. The van der Waals surface area contributed by atoms with E-state index in [1.165, 1.54) is 17.7 Å². The predicted octanol–water partition coefficient (Wildman–Crippen LogP) is 2.74. The van der Waals surface area contributed by atoms with Crippen molar-refractivity contribution >= 4 is 16.5 Å². The van der Waals surface area contributed by atoms with Crippen molar-refractivity contribution in [1.29, 1.82) is 0 Å². The first kappa shape index (κ1) is 14.8. The van der Waals surface area contributed by atoms with Crippen molar-refractivity contribution in [2.75, 3.05) is 31.6 Å². The van der Waals surface area contributed by atoms with Crippen LogP contribution in [0.25, 0.3) is 0 Å². The highest BCUT2D eigenvalue weighted by Gasteiger charge is 2.22. The Morgan fingerprint density at radius 2 is 2.37 bits per heavy atom. The van der Waals surface area contributed by atoms with Crippen LogP contribution in [0.2, 0.25) is 0 Å². The predicted molar refractivity (Wildman–Crippen MR) is 81.2 cm³/mol. The zero-order valence-corrected chi connectivity index (χ0v) is 13.2. The number of thiazole rings is 1. The molecule has 4 nitrogen and oxygen atoms in total. The zero-order valence-electron chi connectivity index (χ0n) is 12.4. The molecule has 0 radical (unpaired) electrons. The van der Waals surface area contributed by atoms with E-state index in [2.05, 4.69) is 31.0 Å².